The van der Waals surface area contributed by atoms with Crippen LogP contribution in [0.1, 0.15) is 39.5 Å². The number of amides is 2. The van der Waals surface area contributed by atoms with Crippen LogP contribution in [0.25, 0.3) is 0 Å². The summed E-state index contributed by atoms with van der Waals surface area (Å²) < 4.78 is 9.87. The molecule has 0 spiro atoms. The molecule has 0 unspecified atom stereocenters. The molecule has 0 aliphatic heterocycles. The maximum atomic E-state index is 12.0. The largest absolute Gasteiger partial charge is 0.469 e. The number of nitrogens with two attached hydrogens (primary N) is 1. The van der Waals surface area contributed by atoms with Crippen molar-refractivity contribution >= 4 is 47.3 Å². The van der Waals surface area contributed by atoms with E-state index in [0.717, 1.165) is 0 Å². The Balaban J connectivity index is 2.22. The van der Waals surface area contributed by atoms with Gasteiger partial charge in [-0.25, -0.2) is 14.8 Å². The second-order valence-electron chi connectivity index (χ2n) is 6.87. The Morgan fingerprint density at radius 1 is 1.20 bits per heavy atom. The number of thioether (sulfide) groups is 1. The van der Waals surface area contributed by atoms with Crippen molar-refractivity contribution in [1.82, 2.24) is 20.6 Å². The fourth-order valence-electron chi connectivity index (χ4n) is 2.15. The zero-order valence-electron chi connectivity index (χ0n) is 17.3. The van der Waals surface area contributed by atoms with E-state index in [4.69, 9.17) is 22.1 Å². The average molecular weight is 462 g/mol. The summed E-state index contributed by atoms with van der Waals surface area (Å²) in [5, 5.41) is 6.19. The summed E-state index contributed by atoms with van der Waals surface area (Å²) in [4.78, 5) is 42.7. The smallest absolute Gasteiger partial charge is 0.407 e. The Bertz CT molecular complexity index is 715. The van der Waals surface area contributed by atoms with Crippen LogP contribution in [-0.4, -0.2) is 59.5 Å². The minimum absolute atomic E-state index is 0.0788. The summed E-state index contributed by atoms with van der Waals surface area (Å²) >= 11 is 7.15. The first-order valence-corrected chi connectivity index (χ1v) is 10.7. The van der Waals surface area contributed by atoms with E-state index in [9.17, 15) is 14.4 Å². The van der Waals surface area contributed by atoms with Gasteiger partial charge in [-0.05, 0) is 26.7 Å². The van der Waals surface area contributed by atoms with Crippen molar-refractivity contribution in [1.29, 1.82) is 0 Å². The monoisotopic (exact) mass is 461 g/mol. The van der Waals surface area contributed by atoms with Crippen LogP contribution in [0, 0.1) is 0 Å². The molecule has 4 N–H and O–H groups in total. The Labute approximate surface area is 185 Å². The Morgan fingerprint density at radius 2 is 1.93 bits per heavy atom. The number of nitrogens with zero attached hydrogens (tertiary/aromatic N) is 2. The predicted molar refractivity (Wildman–Crippen MR) is 114 cm³/mol. The lowest BCUT2D eigenvalue weighted by atomic mass is 10.1. The number of methoxy groups -OCH3 is 1. The number of carbonyl (C=O) groups is 3. The van der Waals surface area contributed by atoms with Gasteiger partial charge in [0.25, 0.3) is 0 Å². The highest BCUT2D eigenvalue weighted by Crippen LogP contribution is 2.20. The topological polar surface area (TPSA) is 146 Å². The van der Waals surface area contributed by atoms with Gasteiger partial charge in [0.15, 0.2) is 0 Å². The number of unbranched alkanes of at least 4 members (excludes halogenated alkanes) is 1. The average Bonchev–Trinajstić information content (AvgIpc) is 2.65. The van der Waals surface area contributed by atoms with Crippen LogP contribution in [0.15, 0.2) is 11.1 Å². The highest BCUT2D eigenvalue weighted by molar-refractivity contribution is 7.99. The van der Waals surface area contributed by atoms with E-state index in [1.165, 1.54) is 18.9 Å². The van der Waals surface area contributed by atoms with Crippen molar-refractivity contribution < 1.29 is 23.9 Å². The van der Waals surface area contributed by atoms with Gasteiger partial charge in [-0.2, -0.15) is 0 Å². The molecule has 0 radical (unpaired) electrons. The van der Waals surface area contributed by atoms with Crippen LogP contribution < -0.4 is 16.4 Å². The Hall–Kier alpha value is -2.27. The molecule has 0 aromatic carbocycles. The number of ether oxygens (including phenoxy) is 2. The third kappa shape index (κ3) is 11.7. The van der Waals surface area contributed by atoms with Gasteiger partial charge in [0.1, 0.15) is 15.8 Å². The fourth-order valence-corrected chi connectivity index (χ4v) is 3.25. The fraction of sp³-hybridized carbons (Fsp3) is 0.611. The van der Waals surface area contributed by atoms with Crippen molar-refractivity contribution in [2.24, 2.45) is 0 Å². The first kappa shape index (κ1) is 25.8. The first-order chi connectivity index (χ1) is 14.1. The lowest BCUT2D eigenvalue weighted by molar-refractivity contribution is -0.140. The van der Waals surface area contributed by atoms with Crippen LogP contribution in [0.5, 0.6) is 0 Å². The summed E-state index contributed by atoms with van der Waals surface area (Å²) in [5.74, 6) is 0.0924. The molecular formula is C18H28ClN5O5S. The van der Waals surface area contributed by atoms with Gasteiger partial charge in [-0.3, -0.25) is 9.59 Å². The molecule has 30 heavy (non-hydrogen) atoms. The molecule has 0 atom stereocenters. The van der Waals surface area contributed by atoms with Crippen LogP contribution in [-0.2, 0) is 19.1 Å². The van der Waals surface area contributed by atoms with E-state index < -0.39 is 11.7 Å². The summed E-state index contributed by atoms with van der Waals surface area (Å²) in [6.07, 6.45) is 1.21. The number of rotatable bonds is 12. The zero-order chi connectivity index (χ0) is 22.6. The maximum Gasteiger partial charge on any atom is 0.407 e. The molecule has 10 nitrogen and oxygen atoms in total. The maximum absolute atomic E-state index is 12.0. The molecule has 0 bridgehead atoms. The van der Waals surface area contributed by atoms with E-state index in [2.05, 4.69) is 25.3 Å². The second-order valence-corrected chi connectivity index (χ2v) is 8.37. The van der Waals surface area contributed by atoms with Gasteiger partial charge < -0.3 is 25.8 Å². The highest BCUT2D eigenvalue weighted by atomic mass is 35.5. The van der Waals surface area contributed by atoms with Gasteiger partial charge >= 0.3 is 12.1 Å². The summed E-state index contributed by atoms with van der Waals surface area (Å²) in [6.45, 7) is 3.95. The van der Waals surface area contributed by atoms with Crippen molar-refractivity contribution in [2.75, 3.05) is 31.7 Å². The number of hydrogen-bond donors (Lipinski definition) is 3. The Kier molecular flexibility index (Phi) is 11.3. The number of anilines is 1. The molecular weight excluding hydrogens is 434 g/mol. The molecule has 1 rings (SSSR count). The lowest BCUT2D eigenvalue weighted by Gasteiger charge is -2.25. The molecule has 0 aliphatic rings. The standard InChI is InChI=1S/C18H28ClN5O5S/c1-18(2,29-17(27)21-8-5-4-6-15(26)28-3)11-22-13(25)7-9-30-14-10-12(19)23-16(20)24-14/h10H,4-9,11H2,1-3H3,(H,21,27)(H,22,25)(H2,20,23,24). The van der Waals surface area contributed by atoms with Gasteiger partial charge in [0.05, 0.1) is 13.7 Å². The molecule has 0 aliphatic carbocycles. The van der Waals surface area contributed by atoms with E-state index in [1.54, 1.807) is 19.9 Å². The SMILES string of the molecule is COC(=O)CCCCNC(=O)OC(C)(C)CNC(=O)CCSc1cc(Cl)nc(N)n1. The summed E-state index contributed by atoms with van der Waals surface area (Å²) in [5.41, 5.74) is 4.64. The molecule has 12 heteroatoms. The number of hydrogen-bond acceptors (Lipinski definition) is 9. The normalized spacial score (nSPS) is 10.9. The molecule has 0 fully saturated rings. The third-order valence-electron chi connectivity index (χ3n) is 3.65. The number of carbonyl (C=O) groups excluding carboxylic acids is 3. The van der Waals surface area contributed by atoms with Crippen molar-refractivity contribution in [2.45, 2.75) is 50.2 Å². The minimum Gasteiger partial charge on any atom is -0.469 e. The van der Waals surface area contributed by atoms with E-state index in [0.29, 0.717) is 36.6 Å². The molecule has 1 aromatic rings. The van der Waals surface area contributed by atoms with Crippen LogP contribution >= 0.6 is 23.4 Å². The molecule has 168 valence electrons. The highest BCUT2D eigenvalue weighted by Gasteiger charge is 2.23. The van der Waals surface area contributed by atoms with Crippen LogP contribution in [0.2, 0.25) is 5.15 Å². The summed E-state index contributed by atoms with van der Waals surface area (Å²) in [7, 11) is 1.34. The molecule has 2 amide bonds. The number of halogens is 1. The summed E-state index contributed by atoms with van der Waals surface area (Å²) in [6, 6.07) is 1.57. The number of aromatic nitrogens is 2. The number of esters is 1. The second kappa shape index (κ2) is 13.1. The van der Waals surface area contributed by atoms with E-state index in [1.807, 2.05) is 0 Å². The van der Waals surface area contributed by atoms with Gasteiger partial charge in [-0.1, -0.05) is 11.6 Å². The van der Waals surface area contributed by atoms with Crippen molar-refractivity contribution in [3.05, 3.63) is 11.2 Å². The molecule has 1 heterocycles. The predicted octanol–water partition coefficient (Wildman–Crippen LogP) is 2.16. The quantitative estimate of drug-likeness (QED) is 0.184. The lowest BCUT2D eigenvalue weighted by Crippen LogP contribution is -2.44. The molecule has 0 saturated carbocycles. The molecule has 1 aromatic heterocycles. The van der Waals surface area contributed by atoms with Crippen molar-refractivity contribution in [3.63, 3.8) is 0 Å². The van der Waals surface area contributed by atoms with Gasteiger partial charge in [0, 0.05) is 31.2 Å². The van der Waals surface area contributed by atoms with E-state index >= 15 is 0 Å². The van der Waals surface area contributed by atoms with Gasteiger partial charge in [-0.15, -0.1) is 11.8 Å². The van der Waals surface area contributed by atoms with Gasteiger partial charge in [0.2, 0.25) is 11.9 Å². The third-order valence-corrected chi connectivity index (χ3v) is 4.76. The Morgan fingerprint density at radius 3 is 2.60 bits per heavy atom. The van der Waals surface area contributed by atoms with Crippen LogP contribution in [0.4, 0.5) is 10.7 Å². The number of nitrogens with one attached hydrogen (secondary N) is 2. The van der Waals surface area contributed by atoms with Crippen LogP contribution in [0.3, 0.4) is 0 Å². The van der Waals surface area contributed by atoms with Crippen molar-refractivity contribution in [3.8, 4) is 0 Å². The zero-order valence-corrected chi connectivity index (χ0v) is 18.9. The van der Waals surface area contributed by atoms with E-state index in [-0.39, 0.29) is 35.9 Å². The number of alkyl carbamates (subject to hydrolysis) is 1. The first-order valence-electron chi connectivity index (χ1n) is 9.34. The number of nitrogen functional groups attached to an aromatic ring is 1. The molecule has 0 saturated heterocycles. The minimum atomic E-state index is -0.881.